The zero-order chi connectivity index (χ0) is 18.0. The number of nitrogens with zero attached hydrogens (tertiary/aromatic N) is 2. The van der Waals surface area contributed by atoms with Gasteiger partial charge in [0.15, 0.2) is 12.4 Å². The molecular formula is C19H18N2O4. The summed E-state index contributed by atoms with van der Waals surface area (Å²) in [6.07, 6.45) is 3.20. The van der Waals surface area contributed by atoms with Gasteiger partial charge in [-0.15, -0.1) is 6.58 Å². The van der Waals surface area contributed by atoms with Crippen molar-refractivity contribution in [1.82, 2.24) is 4.57 Å². The van der Waals surface area contributed by atoms with Crippen molar-refractivity contribution in [2.45, 2.75) is 13.0 Å². The summed E-state index contributed by atoms with van der Waals surface area (Å²) in [5, 5.41) is 0. The molecule has 6 nitrogen and oxygen atoms in total. The Hall–Kier alpha value is -3.15. The van der Waals surface area contributed by atoms with Crippen LogP contribution in [0.15, 0.2) is 60.0 Å². The molecule has 0 saturated heterocycles. The Labute approximate surface area is 145 Å². The molecule has 128 valence electrons. The molecule has 2 heterocycles. The molecule has 0 bridgehead atoms. The van der Waals surface area contributed by atoms with Crippen LogP contribution >= 0.6 is 0 Å². The number of hydrogen-bond donors (Lipinski definition) is 0. The minimum atomic E-state index is -0.653. The number of carbonyl (C=O) groups is 2. The minimum Gasteiger partial charge on any atom is -0.482 e. The van der Waals surface area contributed by atoms with E-state index in [1.807, 2.05) is 0 Å². The average molecular weight is 338 g/mol. The molecule has 1 aromatic heterocycles. The van der Waals surface area contributed by atoms with E-state index in [-0.39, 0.29) is 23.9 Å². The van der Waals surface area contributed by atoms with Gasteiger partial charge in [0, 0.05) is 24.4 Å². The lowest BCUT2D eigenvalue weighted by Gasteiger charge is -2.29. The molecular weight excluding hydrogens is 320 g/mol. The molecule has 0 fully saturated rings. The lowest BCUT2D eigenvalue weighted by atomic mass is 10.0. The summed E-state index contributed by atoms with van der Waals surface area (Å²) >= 11 is 0. The summed E-state index contributed by atoms with van der Waals surface area (Å²) in [5.74, 6) is 0.138. The fourth-order valence-corrected chi connectivity index (χ4v) is 2.81. The number of Topliss-reactive ketones (excluding diaryl/α,β-unsaturated/α-hetero) is 1. The monoisotopic (exact) mass is 338 g/mol. The number of ether oxygens (including phenoxy) is 1. The molecule has 1 aliphatic heterocycles. The van der Waals surface area contributed by atoms with Crippen LogP contribution in [0.2, 0.25) is 0 Å². The molecule has 1 amide bonds. The number of carbonyl (C=O) groups excluding carboxylic acids is 2. The van der Waals surface area contributed by atoms with Gasteiger partial charge in [-0.05, 0) is 31.2 Å². The van der Waals surface area contributed by atoms with Crippen LogP contribution in [0.1, 0.15) is 23.3 Å². The van der Waals surface area contributed by atoms with E-state index in [2.05, 4.69) is 6.58 Å². The summed E-state index contributed by atoms with van der Waals surface area (Å²) in [5.41, 5.74) is 0.706. The van der Waals surface area contributed by atoms with Crippen molar-refractivity contribution < 1.29 is 14.3 Å². The maximum Gasteiger partial charge on any atom is 0.265 e. The summed E-state index contributed by atoms with van der Waals surface area (Å²) < 4.78 is 6.80. The molecule has 1 atom stereocenters. The molecule has 1 aliphatic rings. The van der Waals surface area contributed by atoms with E-state index >= 15 is 0 Å². The lowest BCUT2D eigenvalue weighted by Crippen LogP contribution is -2.39. The van der Waals surface area contributed by atoms with Crippen molar-refractivity contribution in [3.8, 4) is 5.75 Å². The summed E-state index contributed by atoms with van der Waals surface area (Å²) in [6.45, 7) is 5.63. The zero-order valence-electron chi connectivity index (χ0n) is 13.8. The quantitative estimate of drug-likeness (QED) is 0.619. The standard InChI is InChI=1S/C19H18N2O4/c1-3-9-21-15-11-14(7-8-16(15)25-12-18(21)23)19(24)13(2)20-10-5-4-6-17(20)22/h3-8,10-11,13H,1,9,12H2,2H3. The molecule has 6 heteroatoms. The van der Waals surface area contributed by atoms with E-state index in [1.54, 1.807) is 49.5 Å². The Morgan fingerprint density at radius 2 is 2.12 bits per heavy atom. The van der Waals surface area contributed by atoms with Gasteiger partial charge in [-0.3, -0.25) is 14.4 Å². The van der Waals surface area contributed by atoms with Crippen LogP contribution in [-0.2, 0) is 4.79 Å². The first-order chi connectivity index (χ1) is 12.0. The average Bonchev–Trinajstić information content (AvgIpc) is 2.63. The number of rotatable bonds is 5. The van der Waals surface area contributed by atoms with E-state index in [4.69, 9.17) is 4.74 Å². The predicted octanol–water partition coefficient (Wildman–Crippen LogP) is 2.20. The third kappa shape index (κ3) is 3.10. The second-order valence-corrected chi connectivity index (χ2v) is 5.75. The first-order valence-corrected chi connectivity index (χ1v) is 7.92. The first-order valence-electron chi connectivity index (χ1n) is 7.92. The van der Waals surface area contributed by atoms with E-state index in [0.29, 0.717) is 23.5 Å². The Bertz CT molecular complexity index is 900. The smallest absolute Gasteiger partial charge is 0.265 e. The van der Waals surface area contributed by atoms with Gasteiger partial charge < -0.3 is 14.2 Å². The van der Waals surface area contributed by atoms with Gasteiger partial charge in [-0.2, -0.15) is 0 Å². The van der Waals surface area contributed by atoms with E-state index < -0.39 is 6.04 Å². The predicted molar refractivity (Wildman–Crippen MR) is 94.2 cm³/mol. The van der Waals surface area contributed by atoms with Gasteiger partial charge in [-0.25, -0.2) is 0 Å². The molecule has 1 unspecified atom stereocenters. The van der Waals surface area contributed by atoms with Gasteiger partial charge in [0.05, 0.1) is 11.7 Å². The molecule has 1 aromatic carbocycles. The lowest BCUT2D eigenvalue weighted by molar-refractivity contribution is -0.121. The maximum absolute atomic E-state index is 12.8. The van der Waals surface area contributed by atoms with E-state index in [1.165, 1.54) is 15.5 Å². The second-order valence-electron chi connectivity index (χ2n) is 5.75. The largest absolute Gasteiger partial charge is 0.482 e. The number of hydrogen-bond acceptors (Lipinski definition) is 4. The number of anilines is 1. The van der Waals surface area contributed by atoms with Crippen molar-refractivity contribution in [2.24, 2.45) is 0 Å². The minimum absolute atomic E-state index is 0.0378. The van der Waals surface area contributed by atoms with Crippen molar-refractivity contribution in [1.29, 1.82) is 0 Å². The maximum atomic E-state index is 12.8. The van der Waals surface area contributed by atoms with Crippen LogP contribution in [0.25, 0.3) is 0 Å². The van der Waals surface area contributed by atoms with Gasteiger partial charge in [0.25, 0.3) is 11.5 Å². The number of amides is 1. The Kier molecular flexibility index (Phi) is 4.52. The van der Waals surface area contributed by atoms with Crippen molar-refractivity contribution >= 4 is 17.4 Å². The van der Waals surface area contributed by atoms with Gasteiger partial charge in [-0.1, -0.05) is 12.1 Å². The third-order valence-electron chi connectivity index (χ3n) is 4.15. The highest BCUT2D eigenvalue weighted by molar-refractivity contribution is 6.03. The van der Waals surface area contributed by atoms with E-state index in [9.17, 15) is 14.4 Å². The molecule has 0 N–H and O–H groups in total. The molecule has 0 spiro atoms. The summed E-state index contributed by atoms with van der Waals surface area (Å²) in [6, 6.07) is 9.04. The van der Waals surface area contributed by atoms with Gasteiger partial charge in [0.2, 0.25) is 0 Å². The van der Waals surface area contributed by atoms with Crippen molar-refractivity contribution in [3.63, 3.8) is 0 Å². The number of benzene rings is 1. The highest BCUT2D eigenvalue weighted by Gasteiger charge is 2.27. The third-order valence-corrected chi connectivity index (χ3v) is 4.15. The van der Waals surface area contributed by atoms with Crippen LogP contribution in [0.3, 0.4) is 0 Å². The Balaban J connectivity index is 1.97. The highest BCUT2D eigenvalue weighted by Crippen LogP contribution is 2.33. The normalized spacial score (nSPS) is 14.4. The molecule has 25 heavy (non-hydrogen) atoms. The van der Waals surface area contributed by atoms with Gasteiger partial charge in [0.1, 0.15) is 5.75 Å². The van der Waals surface area contributed by atoms with Crippen LogP contribution in [0.5, 0.6) is 5.75 Å². The van der Waals surface area contributed by atoms with Crippen LogP contribution < -0.4 is 15.2 Å². The topological polar surface area (TPSA) is 68.6 Å². The summed E-state index contributed by atoms with van der Waals surface area (Å²) in [7, 11) is 0. The fraction of sp³-hybridized carbons (Fsp3) is 0.211. The Morgan fingerprint density at radius 3 is 2.84 bits per heavy atom. The van der Waals surface area contributed by atoms with Gasteiger partial charge >= 0.3 is 0 Å². The second kappa shape index (κ2) is 6.76. The highest BCUT2D eigenvalue weighted by atomic mass is 16.5. The Morgan fingerprint density at radius 1 is 1.32 bits per heavy atom. The number of fused-ring (bicyclic) bond motifs is 1. The zero-order valence-corrected chi connectivity index (χ0v) is 13.8. The molecule has 0 radical (unpaired) electrons. The van der Waals surface area contributed by atoms with Crippen molar-refractivity contribution in [2.75, 3.05) is 18.1 Å². The van der Waals surface area contributed by atoms with Crippen LogP contribution in [0, 0.1) is 0 Å². The molecule has 0 saturated carbocycles. The first kappa shape index (κ1) is 16.7. The summed E-state index contributed by atoms with van der Waals surface area (Å²) in [4.78, 5) is 38.3. The number of aromatic nitrogens is 1. The SMILES string of the molecule is C=CCN1C(=O)COc2ccc(C(=O)C(C)n3ccccc3=O)cc21. The van der Waals surface area contributed by atoms with E-state index in [0.717, 1.165) is 0 Å². The number of ketones is 1. The molecule has 0 aliphatic carbocycles. The van der Waals surface area contributed by atoms with Crippen molar-refractivity contribution in [3.05, 3.63) is 71.2 Å². The molecule has 3 rings (SSSR count). The van der Waals surface area contributed by atoms with Crippen LogP contribution in [0.4, 0.5) is 5.69 Å². The van der Waals surface area contributed by atoms with Crippen LogP contribution in [-0.4, -0.2) is 29.4 Å². The fourth-order valence-electron chi connectivity index (χ4n) is 2.81. The number of pyridine rings is 1. The molecule has 2 aromatic rings.